The second-order valence-electron chi connectivity index (χ2n) is 5.31. The van der Waals surface area contributed by atoms with Gasteiger partial charge >= 0.3 is 0 Å². The zero-order valence-electron chi connectivity index (χ0n) is 12.4. The summed E-state index contributed by atoms with van der Waals surface area (Å²) in [5, 5.41) is 3.09. The number of nitrogens with one attached hydrogen (secondary N) is 1. The molecule has 1 heterocycles. The van der Waals surface area contributed by atoms with Crippen LogP contribution < -0.4 is 5.32 Å². The standard InChI is InChI=1S/C19H15F2NO/c20-17-7-3-1-5-13(17)9-15-11-22-12-16(19(15)23)10-14-6-2-4-8-18(14)21/h1-10,22H,11-12H2/b15-9+,16-10?. The van der Waals surface area contributed by atoms with E-state index in [1.54, 1.807) is 48.6 Å². The van der Waals surface area contributed by atoms with Crippen molar-refractivity contribution in [3.05, 3.63) is 82.4 Å². The van der Waals surface area contributed by atoms with Crippen LogP contribution in [0.1, 0.15) is 11.1 Å². The summed E-state index contributed by atoms with van der Waals surface area (Å²) in [6.07, 6.45) is 3.08. The summed E-state index contributed by atoms with van der Waals surface area (Å²) in [7, 11) is 0. The van der Waals surface area contributed by atoms with Crippen molar-refractivity contribution in [3.63, 3.8) is 0 Å². The third-order valence-corrected chi connectivity index (χ3v) is 3.68. The van der Waals surface area contributed by atoms with E-state index < -0.39 is 0 Å². The van der Waals surface area contributed by atoms with E-state index in [4.69, 9.17) is 0 Å². The molecular formula is C19H15F2NO. The minimum absolute atomic E-state index is 0.185. The van der Waals surface area contributed by atoms with Gasteiger partial charge in [-0.05, 0) is 24.3 Å². The minimum Gasteiger partial charge on any atom is -0.308 e. The number of hydrogen-bond acceptors (Lipinski definition) is 2. The largest absolute Gasteiger partial charge is 0.308 e. The molecule has 1 fully saturated rings. The lowest BCUT2D eigenvalue weighted by molar-refractivity contribution is -0.112. The fourth-order valence-electron chi connectivity index (χ4n) is 2.49. The maximum Gasteiger partial charge on any atom is 0.187 e. The number of hydrogen-bond donors (Lipinski definition) is 1. The summed E-state index contributed by atoms with van der Waals surface area (Å²) in [6, 6.07) is 12.6. The average Bonchev–Trinajstić information content (AvgIpc) is 2.55. The van der Waals surface area contributed by atoms with Gasteiger partial charge in [-0.2, -0.15) is 0 Å². The summed E-state index contributed by atoms with van der Waals surface area (Å²) in [6.45, 7) is 0.726. The Morgan fingerprint density at radius 1 is 0.783 bits per heavy atom. The lowest BCUT2D eigenvalue weighted by atomic mass is 9.95. The van der Waals surface area contributed by atoms with Crippen LogP contribution in [0.2, 0.25) is 0 Å². The molecule has 1 aliphatic heterocycles. The van der Waals surface area contributed by atoms with Crippen molar-refractivity contribution in [3.8, 4) is 0 Å². The van der Waals surface area contributed by atoms with Crippen molar-refractivity contribution in [2.75, 3.05) is 13.1 Å². The monoisotopic (exact) mass is 311 g/mol. The fraction of sp³-hybridized carbons (Fsp3) is 0.105. The first kappa shape index (κ1) is 15.3. The molecule has 0 atom stereocenters. The third-order valence-electron chi connectivity index (χ3n) is 3.68. The van der Waals surface area contributed by atoms with Gasteiger partial charge in [0.1, 0.15) is 11.6 Å². The molecule has 2 nitrogen and oxygen atoms in total. The van der Waals surface area contributed by atoms with Crippen LogP contribution in [-0.4, -0.2) is 18.9 Å². The van der Waals surface area contributed by atoms with E-state index >= 15 is 0 Å². The van der Waals surface area contributed by atoms with Crippen molar-refractivity contribution in [1.82, 2.24) is 5.32 Å². The van der Waals surface area contributed by atoms with Gasteiger partial charge in [0, 0.05) is 35.4 Å². The van der Waals surface area contributed by atoms with Gasteiger partial charge in [0.2, 0.25) is 0 Å². The van der Waals surface area contributed by atoms with E-state index in [-0.39, 0.29) is 17.4 Å². The van der Waals surface area contributed by atoms with Gasteiger partial charge in [-0.25, -0.2) is 8.78 Å². The number of rotatable bonds is 2. The smallest absolute Gasteiger partial charge is 0.187 e. The molecule has 0 bridgehead atoms. The van der Waals surface area contributed by atoms with E-state index in [2.05, 4.69) is 5.32 Å². The number of carbonyl (C=O) groups excluding carboxylic acids is 1. The Kier molecular flexibility index (Phi) is 4.44. The highest BCUT2D eigenvalue weighted by atomic mass is 19.1. The molecule has 1 saturated heterocycles. The molecule has 0 aromatic heterocycles. The van der Waals surface area contributed by atoms with Crippen LogP contribution in [0.5, 0.6) is 0 Å². The third kappa shape index (κ3) is 3.43. The summed E-state index contributed by atoms with van der Waals surface area (Å²) in [5.74, 6) is -0.939. The molecule has 0 unspecified atom stereocenters. The van der Waals surface area contributed by atoms with Crippen LogP contribution in [0.3, 0.4) is 0 Å². The molecule has 116 valence electrons. The topological polar surface area (TPSA) is 29.1 Å². The second kappa shape index (κ2) is 6.67. The second-order valence-corrected chi connectivity index (χ2v) is 5.31. The van der Waals surface area contributed by atoms with Gasteiger partial charge in [-0.1, -0.05) is 36.4 Å². The Labute approximate surface area is 133 Å². The van der Waals surface area contributed by atoms with Crippen LogP contribution in [0.25, 0.3) is 12.2 Å². The molecule has 0 spiro atoms. The molecule has 1 aliphatic rings. The maximum absolute atomic E-state index is 13.7. The van der Waals surface area contributed by atoms with Crippen molar-refractivity contribution in [1.29, 1.82) is 0 Å². The van der Waals surface area contributed by atoms with E-state index in [0.717, 1.165) is 0 Å². The van der Waals surface area contributed by atoms with Crippen molar-refractivity contribution >= 4 is 17.9 Å². The fourth-order valence-corrected chi connectivity index (χ4v) is 2.49. The molecule has 4 heteroatoms. The molecule has 0 aliphatic carbocycles. The van der Waals surface area contributed by atoms with E-state index in [1.807, 2.05) is 0 Å². The van der Waals surface area contributed by atoms with Gasteiger partial charge < -0.3 is 5.32 Å². The molecular weight excluding hydrogens is 296 g/mol. The number of piperidine rings is 1. The Morgan fingerprint density at radius 2 is 1.22 bits per heavy atom. The van der Waals surface area contributed by atoms with Crippen LogP contribution in [0.4, 0.5) is 8.78 Å². The molecule has 23 heavy (non-hydrogen) atoms. The summed E-state index contributed by atoms with van der Waals surface area (Å²) in [4.78, 5) is 12.5. The van der Waals surface area contributed by atoms with E-state index in [0.29, 0.717) is 35.4 Å². The molecule has 2 aromatic carbocycles. The highest BCUT2D eigenvalue weighted by molar-refractivity contribution is 6.14. The highest BCUT2D eigenvalue weighted by Gasteiger charge is 2.20. The number of ketones is 1. The van der Waals surface area contributed by atoms with E-state index in [9.17, 15) is 13.6 Å². The van der Waals surface area contributed by atoms with Crippen LogP contribution >= 0.6 is 0 Å². The molecule has 3 rings (SSSR count). The molecule has 2 aromatic rings. The first-order valence-corrected chi connectivity index (χ1v) is 7.31. The van der Waals surface area contributed by atoms with Crippen molar-refractivity contribution in [2.45, 2.75) is 0 Å². The average molecular weight is 311 g/mol. The lowest BCUT2D eigenvalue weighted by Crippen LogP contribution is -2.32. The Morgan fingerprint density at radius 3 is 1.65 bits per heavy atom. The summed E-state index contributed by atoms with van der Waals surface area (Å²) in [5.41, 5.74) is 1.66. The zero-order valence-corrected chi connectivity index (χ0v) is 12.4. The van der Waals surface area contributed by atoms with Gasteiger partial charge in [0.05, 0.1) is 0 Å². The van der Waals surface area contributed by atoms with Crippen LogP contribution in [-0.2, 0) is 4.79 Å². The van der Waals surface area contributed by atoms with Crippen LogP contribution in [0.15, 0.2) is 59.7 Å². The number of halogens is 2. The van der Waals surface area contributed by atoms with Crippen LogP contribution in [0, 0.1) is 11.6 Å². The van der Waals surface area contributed by atoms with Gasteiger partial charge in [-0.15, -0.1) is 0 Å². The predicted molar refractivity (Wildman–Crippen MR) is 86.6 cm³/mol. The zero-order chi connectivity index (χ0) is 16.2. The van der Waals surface area contributed by atoms with Gasteiger partial charge in [0.25, 0.3) is 0 Å². The first-order valence-electron chi connectivity index (χ1n) is 7.31. The van der Waals surface area contributed by atoms with Crippen molar-refractivity contribution < 1.29 is 13.6 Å². The predicted octanol–water partition coefficient (Wildman–Crippen LogP) is 3.60. The van der Waals surface area contributed by atoms with Gasteiger partial charge in [-0.3, -0.25) is 4.79 Å². The normalized spacial score (nSPS) is 18.6. The highest BCUT2D eigenvalue weighted by Crippen LogP contribution is 2.19. The Bertz CT molecular complexity index is 743. The molecule has 1 N–H and O–H groups in total. The summed E-state index contributed by atoms with van der Waals surface area (Å²) < 4.78 is 27.5. The molecule has 0 amide bonds. The SMILES string of the molecule is O=C1C(=Cc2ccccc2F)CNC/C1=C\c1ccccc1F. The number of Topliss-reactive ketones (excluding diaryl/α,β-unsaturated/α-hetero) is 1. The molecule has 0 saturated carbocycles. The quantitative estimate of drug-likeness (QED) is 0.859. The number of benzene rings is 2. The summed E-state index contributed by atoms with van der Waals surface area (Å²) >= 11 is 0. The maximum atomic E-state index is 13.7. The first-order chi connectivity index (χ1) is 11.1. The lowest BCUT2D eigenvalue weighted by Gasteiger charge is -2.18. The Balaban J connectivity index is 1.93. The molecule has 0 radical (unpaired) electrons. The number of carbonyl (C=O) groups is 1. The van der Waals surface area contributed by atoms with Crippen molar-refractivity contribution in [2.24, 2.45) is 0 Å². The minimum atomic E-state index is -0.377. The Hall–Kier alpha value is -2.59. The van der Waals surface area contributed by atoms with E-state index in [1.165, 1.54) is 12.1 Å². The van der Waals surface area contributed by atoms with Gasteiger partial charge in [0.15, 0.2) is 5.78 Å².